The molecule has 0 aliphatic carbocycles. The van der Waals surface area contributed by atoms with Gasteiger partial charge in [-0.25, -0.2) is 0 Å². The normalized spacial score (nSPS) is 11.0. The zero-order valence-corrected chi connectivity index (χ0v) is 13.3. The SMILES string of the molecule is CCCN(Cc1ccc(C#N)cc1)C(=O)COC(C)(C)C. The molecule has 1 aromatic rings. The van der Waals surface area contributed by atoms with Gasteiger partial charge in [-0.2, -0.15) is 5.26 Å². The Morgan fingerprint density at radius 2 is 1.90 bits per heavy atom. The molecule has 0 heterocycles. The third-order valence-corrected chi connectivity index (χ3v) is 2.93. The van der Waals surface area contributed by atoms with Crippen LogP contribution in [0.15, 0.2) is 24.3 Å². The maximum absolute atomic E-state index is 12.3. The van der Waals surface area contributed by atoms with Crippen LogP contribution >= 0.6 is 0 Å². The molecule has 4 heteroatoms. The topological polar surface area (TPSA) is 53.3 Å². The summed E-state index contributed by atoms with van der Waals surface area (Å²) in [5, 5.41) is 8.80. The fourth-order valence-corrected chi connectivity index (χ4v) is 1.84. The van der Waals surface area contributed by atoms with Crippen LogP contribution in [0.5, 0.6) is 0 Å². The van der Waals surface area contributed by atoms with E-state index in [2.05, 4.69) is 6.07 Å². The van der Waals surface area contributed by atoms with Crippen molar-refractivity contribution in [2.75, 3.05) is 13.2 Å². The second-order valence-corrected chi connectivity index (χ2v) is 6.03. The van der Waals surface area contributed by atoms with E-state index in [1.165, 1.54) is 0 Å². The Kier molecular flexibility index (Phi) is 6.39. The summed E-state index contributed by atoms with van der Waals surface area (Å²) in [5.41, 5.74) is 1.33. The smallest absolute Gasteiger partial charge is 0.248 e. The summed E-state index contributed by atoms with van der Waals surface area (Å²) in [6.07, 6.45) is 0.900. The van der Waals surface area contributed by atoms with Gasteiger partial charge in [0.1, 0.15) is 6.61 Å². The molecule has 1 rings (SSSR count). The third-order valence-electron chi connectivity index (χ3n) is 2.93. The Morgan fingerprint density at radius 1 is 1.29 bits per heavy atom. The highest BCUT2D eigenvalue weighted by molar-refractivity contribution is 5.77. The van der Waals surface area contributed by atoms with E-state index in [1.807, 2.05) is 39.8 Å². The lowest BCUT2D eigenvalue weighted by molar-refractivity contribution is -0.141. The highest BCUT2D eigenvalue weighted by atomic mass is 16.5. The number of amides is 1. The third kappa shape index (κ3) is 6.42. The van der Waals surface area contributed by atoms with Crippen LogP contribution < -0.4 is 0 Å². The average Bonchev–Trinajstić information content (AvgIpc) is 2.44. The lowest BCUT2D eigenvalue weighted by Gasteiger charge is -2.25. The minimum atomic E-state index is -0.317. The number of nitrogens with zero attached hydrogens (tertiary/aromatic N) is 2. The predicted molar refractivity (Wildman–Crippen MR) is 82.6 cm³/mol. The van der Waals surface area contributed by atoms with Gasteiger partial charge in [0, 0.05) is 13.1 Å². The van der Waals surface area contributed by atoms with Crippen LogP contribution in [0.3, 0.4) is 0 Å². The van der Waals surface area contributed by atoms with Crippen molar-refractivity contribution in [3.8, 4) is 6.07 Å². The first-order valence-corrected chi connectivity index (χ1v) is 7.26. The Labute approximate surface area is 127 Å². The second-order valence-electron chi connectivity index (χ2n) is 6.03. The first kappa shape index (κ1) is 17.2. The van der Waals surface area contributed by atoms with Gasteiger partial charge in [0.2, 0.25) is 5.91 Å². The Bertz CT molecular complexity index is 495. The van der Waals surface area contributed by atoms with Crippen LogP contribution in [0.25, 0.3) is 0 Å². The van der Waals surface area contributed by atoms with E-state index in [1.54, 1.807) is 17.0 Å². The summed E-state index contributed by atoms with van der Waals surface area (Å²) in [4.78, 5) is 14.1. The van der Waals surface area contributed by atoms with Gasteiger partial charge in [0.25, 0.3) is 0 Å². The molecule has 0 atom stereocenters. The van der Waals surface area contributed by atoms with E-state index in [4.69, 9.17) is 10.00 Å². The van der Waals surface area contributed by atoms with Crippen molar-refractivity contribution >= 4 is 5.91 Å². The maximum atomic E-state index is 12.3. The summed E-state index contributed by atoms with van der Waals surface area (Å²) in [5.74, 6) is -0.00358. The first-order valence-electron chi connectivity index (χ1n) is 7.26. The van der Waals surface area contributed by atoms with Crippen LogP contribution in [0, 0.1) is 11.3 Å². The summed E-state index contributed by atoms with van der Waals surface area (Å²) in [6.45, 7) is 9.20. The van der Waals surface area contributed by atoms with Crippen molar-refractivity contribution in [2.45, 2.75) is 46.3 Å². The molecule has 21 heavy (non-hydrogen) atoms. The predicted octanol–water partition coefficient (Wildman–Crippen LogP) is 3.11. The average molecular weight is 288 g/mol. The molecular weight excluding hydrogens is 264 g/mol. The molecule has 0 aromatic heterocycles. The number of carbonyl (C=O) groups excluding carboxylic acids is 1. The van der Waals surface area contributed by atoms with E-state index in [-0.39, 0.29) is 18.1 Å². The molecule has 0 saturated heterocycles. The molecule has 4 nitrogen and oxygen atoms in total. The highest BCUT2D eigenvalue weighted by Gasteiger charge is 2.17. The van der Waals surface area contributed by atoms with Gasteiger partial charge in [-0.1, -0.05) is 19.1 Å². The van der Waals surface area contributed by atoms with Crippen LogP contribution in [-0.4, -0.2) is 29.6 Å². The van der Waals surface area contributed by atoms with E-state index in [9.17, 15) is 4.79 Å². The van der Waals surface area contributed by atoms with Gasteiger partial charge >= 0.3 is 0 Å². The number of nitriles is 1. The fraction of sp³-hybridized carbons (Fsp3) is 0.529. The van der Waals surface area contributed by atoms with Crippen LogP contribution in [0.4, 0.5) is 0 Å². The molecule has 0 fully saturated rings. The number of hydrogen-bond acceptors (Lipinski definition) is 3. The van der Waals surface area contributed by atoms with Crippen molar-refractivity contribution in [1.82, 2.24) is 4.90 Å². The van der Waals surface area contributed by atoms with Gasteiger partial charge in [0.15, 0.2) is 0 Å². The largest absolute Gasteiger partial charge is 0.366 e. The minimum absolute atomic E-state index is 0.00358. The maximum Gasteiger partial charge on any atom is 0.248 e. The molecule has 0 N–H and O–H groups in total. The lowest BCUT2D eigenvalue weighted by atomic mass is 10.1. The number of benzene rings is 1. The van der Waals surface area contributed by atoms with Crippen LogP contribution in [0.2, 0.25) is 0 Å². The highest BCUT2D eigenvalue weighted by Crippen LogP contribution is 2.10. The molecule has 0 bridgehead atoms. The Morgan fingerprint density at radius 3 is 2.38 bits per heavy atom. The van der Waals surface area contributed by atoms with E-state index in [0.717, 1.165) is 12.0 Å². The van der Waals surface area contributed by atoms with E-state index < -0.39 is 0 Å². The van der Waals surface area contributed by atoms with Crippen molar-refractivity contribution in [3.63, 3.8) is 0 Å². The van der Waals surface area contributed by atoms with Crippen molar-refractivity contribution in [2.24, 2.45) is 0 Å². The molecule has 0 spiro atoms. The molecule has 1 aromatic carbocycles. The van der Waals surface area contributed by atoms with Crippen LogP contribution in [-0.2, 0) is 16.1 Å². The molecule has 114 valence electrons. The molecule has 0 unspecified atom stereocenters. The van der Waals surface area contributed by atoms with Crippen molar-refractivity contribution < 1.29 is 9.53 Å². The first-order chi connectivity index (χ1) is 9.85. The zero-order valence-electron chi connectivity index (χ0n) is 13.3. The zero-order chi connectivity index (χ0) is 15.9. The fourth-order valence-electron chi connectivity index (χ4n) is 1.84. The van der Waals surface area contributed by atoms with Crippen molar-refractivity contribution in [3.05, 3.63) is 35.4 Å². The summed E-state index contributed by atoms with van der Waals surface area (Å²) in [6, 6.07) is 9.41. The number of carbonyl (C=O) groups is 1. The van der Waals surface area contributed by atoms with Gasteiger partial charge in [-0.05, 0) is 44.9 Å². The molecule has 0 saturated carbocycles. The van der Waals surface area contributed by atoms with Gasteiger partial charge in [-0.15, -0.1) is 0 Å². The molecule has 1 amide bonds. The van der Waals surface area contributed by atoms with Gasteiger partial charge in [0.05, 0.1) is 17.2 Å². The van der Waals surface area contributed by atoms with Crippen molar-refractivity contribution in [1.29, 1.82) is 5.26 Å². The second kappa shape index (κ2) is 7.80. The monoisotopic (exact) mass is 288 g/mol. The molecular formula is C17H24N2O2. The molecule has 0 radical (unpaired) electrons. The quantitative estimate of drug-likeness (QED) is 0.808. The summed E-state index contributed by atoms with van der Waals surface area (Å²) >= 11 is 0. The molecule has 0 aliphatic rings. The minimum Gasteiger partial charge on any atom is -0.366 e. The van der Waals surface area contributed by atoms with Gasteiger partial charge < -0.3 is 9.64 Å². The van der Waals surface area contributed by atoms with Crippen LogP contribution in [0.1, 0.15) is 45.2 Å². The molecule has 0 aliphatic heterocycles. The lowest BCUT2D eigenvalue weighted by Crippen LogP contribution is -2.36. The Balaban J connectivity index is 2.67. The number of rotatable bonds is 6. The van der Waals surface area contributed by atoms with Gasteiger partial charge in [-0.3, -0.25) is 4.79 Å². The number of ether oxygens (including phenoxy) is 1. The summed E-state index contributed by atoms with van der Waals surface area (Å²) < 4.78 is 5.56. The number of hydrogen-bond donors (Lipinski definition) is 0. The van der Waals surface area contributed by atoms with E-state index in [0.29, 0.717) is 18.7 Å². The standard InChI is InChI=1S/C17H24N2O2/c1-5-10-19(16(20)13-21-17(2,3)4)12-15-8-6-14(11-18)7-9-15/h6-9H,5,10,12-13H2,1-4H3. The van der Waals surface area contributed by atoms with E-state index >= 15 is 0 Å². The Hall–Kier alpha value is -1.86. The summed E-state index contributed by atoms with van der Waals surface area (Å²) in [7, 11) is 0.